The number of hydrogen-bond acceptors (Lipinski definition) is 8. The van der Waals surface area contributed by atoms with Crippen LogP contribution in [0.15, 0.2) is 11.1 Å². The van der Waals surface area contributed by atoms with Crippen LogP contribution in [-0.2, 0) is 30.4 Å². The summed E-state index contributed by atoms with van der Waals surface area (Å²) in [7, 11) is -2.26. The number of methoxy groups -OCH3 is 1. The SMILES string of the molecule is COC1CCC2SC(=CC3=[N+](COS(=O)O)C4C(CCC5CCCCC54)S3)N(CCCS(=O)(=O)O)C2C1. The molecule has 0 aromatic heterocycles. The summed E-state index contributed by atoms with van der Waals surface area (Å²) in [5, 5.41) is 3.05. The van der Waals surface area contributed by atoms with Crippen LogP contribution in [0.5, 0.6) is 0 Å². The average molecular weight is 596 g/mol. The molecule has 0 amide bonds. The Labute approximate surface area is 231 Å². The lowest BCUT2D eigenvalue weighted by atomic mass is 9.68. The summed E-state index contributed by atoms with van der Waals surface area (Å²) < 4.78 is 66.1. The van der Waals surface area contributed by atoms with Gasteiger partial charge in [-0.25, -0.2) is 4.18 Å². The number of fused-ring (bicyclic) bond motifs is 4. The quantitative estimate of drug-likeness (QED) is 0.232. The predicted molar refractivity (Wildman–Crippen MR) is 147 cm³/mol. The maximum Gasteiger partial charge on any atom is 0.307 e. The van der Waals surface area contributed by atoms with Crippen molar-refractivity contribution in [3.63, 3.8) is 0 Å². The molecule has 1 saturated heterocycles. The highest BCUT2D eigenvalue weighted by Gasteiger charge is 2.53. The molecule has 0 spiro atoms. The van der Waals surface area contributed by atoms with Crippen molar-refractivity contribution in [3.8, 4) is 0 Å². The van der Waals surface area contributed by atoms with Gasteiger partial charge in [-0.15, -0.1) is 11.8 Å². The minimum atomic E-state index is -4.01. The first kappa shape index (κ1) is 28.4. The van der Waals surface area contributed by atoms with E-state index in [0.29, 0.717) is 35.4 Å². The molecule has 2 aliphatic heterocycles. The van der Waals surface area contributed by atoms with Gasteiger partial charge in [0.2, 0.25) is 5.04 Å². The zero-order chi connectivity index (χ0) is 26.2. The highest BCUT2D eigenvalue weighted by atomic mass is 32.2. The van der Waals surface area contributed by atoms with Crippen LogP contribution in [0, 0.1) is 11.8 Å². The zero-order valence-corrected chi connectivity index (χ0v) is 24.5. The van der Waals surface area contributed by atoms with E-state index in [0.717, 1.165) is 41.7 Å². The van der Waals surface area contributed by atoms with E-state index in [1.807, 2.05) is 23.5 Å². The minimum absolute atomic E-state index is 0.0889. The van der Waals surface area contributed by atoms with Crippen LogP contribution in [0.3, 0.4) is 0 Å². The van der Waals surface area contributed by atoms with Crippen molar-refractivity contribution in [2.75, 3.05) is 26.1 Å². The summed E-state index contributed by atoms with van der Waals surface area (Å²) in [5.74, 6) is 1.04. The van der Waals surface area contributed by atoms with E-state index in [9.17, 15) is 21.7 Å². The fraction of sp³-hybridized carbons (Fsp3) is 0.875. The molecule has 0 bridgehead atoms. The smallest absolute Gasteiger partial charge is 0.307 e. The van der Waals surface area contributed by atoms with Crippen LogP contribution in [0.2, 0.25) is 0 Å². The van der Waals surface area contributed by atoms with E-state index < -0.39 is 21.5 Å². The average Bonchev–Trinajstić information content (AvgIpc) is 3.39. The molecular formula is C24H39N2O7S4+. The highest BCUT2D eigenvalue weighted by Crippen LogP contribution is 2.50. The number of nitrogens with zero attached hydrogens (tertiary/aromatic N) is 2. The van der Waals surface area contributed by atoms with E-state index in [1.165, 1.54) is 32.1 Å². The Morgan fingerprint density at radius 2 is 1.92 bits per heavy atom. The van der Waals surface area contributed by atoms with Crippen molar-refractivity contribution >= 4 is 50.0 Å². The van der Waals surface area contributed by atoms with Gasteiger partial charge >= 0.3 is 11.4 Å². The van der Waals surface area contributed by atoms with Gasteiger partial charge in [-0.05, 0) is 69.0 Å². The maximum absolute atomic E-state index is 11.5. The maximum atomic E-state index is 11.5. The second kappa shape index (κ2) is 12.2. The molecule has 9 nitrogen and oxygen atoms in total. The van der Waals surface area contributed by atoms with Crippen molar-refractivity contribution in [2.45, 2.75) is 92.9 Å². The second-order valence-corrected chi connectivity index (χ2v) is 15.7. The Balaban J connectivity index is 1.45. The predicted octanol–water partition coefficient (Wildman–Crippen LogP) is 3.70. The third-order valence-corrected chi connectivity index (χ3v) is 12.8. The molecule has 4 fully saturated rings. The summed E-state index contributed by atoms with van der Waals surface area (Å²) in [4.78, 5) is 2.31. The Hall–Kier alpha value is -0.150. The van der Waals surface area contributed by atoms with Crippen LogP contribution >= 0.6 is 23.5 Å². The highest BCUT2D eigenvalue weighted by molar-refractivity contribution is 8.15. The molecule has 0 aromatic carbocycles. The molecule has 5 rings (SSSR count). The van der Waals surface area contributed by atoms with Crippen molar-refractivity contribution in [3.05, 3.63) is 11.1 Å². The zero-order valence-electron chi connectivity index (χ0n) is 21.3. The third kappa shape index (κ3) is 6.61. The van der Waals surface area contributed by atoms with Crippen LogP contribution in [-0.4, -0.2) is 91.1 Å². The number of rotatable bonds is 9. The van der Waals surface area contributed by atoms with E-state index in [1.54, 1.807) is 7.11 Å². The first-order valence-electron chi connectivity index (χ1n) is 13.4. The third-order valence-electron chi connectivity index (χ3n) is 8.86. The normalized spacial score (nSPS) is 38.0. The van der Waals surface area contributed by atoms with Crippen molar-refractivity contribution in [2.24, 2.45) is 11.8 Å². The van der Waals surface area contributed by atoms with E-state index in [-0.39, 0.29) is 24.6 Å². The molecule has 13 heteroatoms. The number of hydrogen-bond donors (Lipinski definition) is 2. The Morgan fingerprint density at radius 3 is 2.68 bits per heavy atom. The van der Waals surface area contributed by atoms with E-state index in [4.69, 9.17) is 8.92 Å². The molecule has 210 valence electrons. The van der Waals surface area contributed by atoms with Gasteiger partial charge < -0.3 is 9.64 Å². The summed E-state index contributed by atoms with van der Waals surface area (Å²) in [6, 6.07) is 0.557. The van der Waals surface area contributed by atoms with Crippen molar-refractivity contribution < 1.29 is 35.2 Å². The molecule has 2 heterocycles. The molecule has 3 aliphatic carbocycles. The molecule has 0 aromatic rings. The summed E-state index contributed by atoms with van der Waals surface area (Å²) >= 11 is 1.39. The van der Waals surface area contributed by atoms with E-state index in [2.05, 4.69) is 15.6 Å². The Kier molecular flexibility index (Phi) is 9.32. The van der Waals surface area contributed by atoms with Crippen LogP contribution in [0.25, 0.3) is 0 Å². The fourth-order valence-corrected chi connectivity index (χ4v) is 11.1. The van der Waals surface area contributed by atoms with Gasteiger partial charge in [-0.1, -0.05) is 12.8 Å². The number of thioether (sulfide) groups is 2. The largest absolute Gasteiger partial charge is 0.381 e. The molecular weight excluding hydrogens is 557 g/mol. The molecule has 37 heavy (non-hydrogen) atoms. The molecule has 2 N–H and O–H groups in total. The molecule has 0 radical (unpaired) electrons. The van der Waals surface area contributed by atoms with Crippen LogP contribution in [0.4, 0.5) is 0 Å². The molecule has 8 atom stereocenters. The first-order chi connectivity index (χ1) is 17.7. The van der Waals surface area contributed by atoms with Crippen LogP contribution < -0.4 is 0 Å². The lowest BCUT2D eigenvalue weighted by Gasteiger charge is -2.39. The monoisotopic (exact) mass is 595 g/mol. The lowest BCUT2D eigenvalue weighted by Crippen LogP contribution is -2.47. The van der Waals surface area contributed by atoms with Gasteiger partial charge in [0.1, 0.15) is 0 Å². The molecule has 5 aliphatic rings. The summed E-state index contributed by atoms with van der Waals surface area (Å²) in [6.45, 7) is 0.633. The van der Waals surface area contributed by atoms with Gasteiger partial charge in [0, 0.05) is 36.9 Å². The first-order valence-corrected chi connectivity index (χ1v) is 17.8. The summed E-state index contributed by atoms with van der Waals surface area (Å²) in [6.07, 6.45) is 13.1. The summed E-state index contributed by atoms with van der Waals surface area (Å²) in [5.41, 5.74) is 0. The van der Waals surface area contributed by atoms with Crippen LogP contribution in [0.1, 0.15) is 64.2 Å². The minimum Gasteiger partial charge on any atom is -0.381 e. The van der Waals surface area contributed by atoms with Gasteiger partial charge in [-0.3, -0.25) is 9.11 Å². The fourth-order valence-electron chi connectivity index (χ4n) is 7.23. The van der Waals surface area contributed by atoms with Gasteiger partial charge in [0.25, 0.3) is 16.8 Å². The van der Waals surface area contributed by atoms with Gasteiger partial charge in [-0.2, -0.15) is 17.2 Å². The second-order valence-electron chi connectivity index (χ2n) is 10.9. The van der Waals surface area contributed by atoms with E-state index >= 15 is 0 Å². The number of ether oxygens (including phenoxy) is 1. The Bertz CT molecular complexity index is 1040. The lowest BCUT2D eigenvalue weighted by molar-refractivity contribution is -0.598. The Morgan fingerprint density at radius 1 is 1.14 bits per heavy atom. The molecule has 8 unspecified atom stereocenters. The standard InChI is InChI=1S/C24H38N2O7S4/c1-32-17-8-10-20-19(13-17)25(11-4-12-37(29,30)31)22(34-20)14-23-26(15-33-36(27)28)24-18-6-3-2-5-16(18)7-9-21(24)35-23/h14,16-21,24H,2-13,15H2,1H3,(H-,27,28,29,30,31)/p+1. The van der Waals surface area contributed by atoms with Crippen molar-refractivity contribution in [1.82, 2.24) is 4.90 Å². The van der Waals surface area contributed by atoms with Gasteiger partial charge in [0.15, 0.2) is 6.04 Å². The van der Waals surface area contributed by atoms with Gasteiger partial charge in [0.05, 0.1) is 22.1 Å². The topological polar surface area (TPSA) is 116 Å². The van der Waals surface area contributed by atoms with Crippen molar-refractivity contribution in [1.29, 1.82) is 0 Å². The molecule has 3 saturated carbocycles.